The Kier molecular flexibility index (Phi) is 4.96. The topological polar surface area (TPSA) is 81.4 Å². The summed E-state index contributed by atoms with van der Waals surface area (Å²) in [5, 5.41) is 16.7. The molecule has 0 aliphatic rings. The minimum atomic E-state index is -1.10. The lowest BCUT2D eigenvalue weighted by Crippen LogP contribution is -2.35. The number of carboxylic acids is 1. The van der Waals surface area contributed by atoms with Gasteiger partial charge in [0.15, 0.2) is 0 Å². The lowest BCUT2D eigenvalue weighted by atomic mass is 10.3. The van der Waals surface area contributed by atoms with Crippen molar-refractivity contribution >= 4 is 11.9 Å². The lowest BCUT2D eigenvalue weighted by molar-refractivity contribution is -0.142. The summed E-state index contributed by atoms with van der Waals surface area (Å²) < 4.78 is 0. The van der Waals surface area contributed by atoms with Gasteiger partial charge in [-0.1, -0.05) is 6.58 Å². The van der Waals surface area contributed by atoms with Crippen LogP contribution < -0.4 is 0 Å². The Morgan fingerprint density at radius 1 is 1.62 bits per heavy atom. The number of hydrogen-bond donors (Lipinski definition) is 1. The van der Waals surface area contributed by atoms with Crippen LogP contribution in [0.4, 0.5) is 0 Å². The van der Waals surface area contributed by atoms with Crippen LogP contribution in [0.15, 0.2) is 12.7 Å². The normalized spacial score (nSPS) is 8.54. The minimum Gasteiger partial charge on any atom is -0.480 e. The van der Waals surface area contributed by atoms with Crippen molar-refractivity contribution in [3.63, 3.8) is 0 Å². The molecule has 0 unspecified atom stereocenters. The van der Waals surface area contributed by atoms with E-state index >= 15 is 0 Å². The van der Waals surface area contributed by atoms with E-state index in [1.165, 1.54) is 0 Å². The summed E-state index contributed by atoms with van der Waals surface area (Å²) in [4.78, 5) is 22.3. The van der Waals surface area contributed by atoms with Crippen LogP contribution in [-0.4, -0.2) is 35.0 Å². The summed E-state index contributed by atoms with van der Waals surface area (Å²) in [6.07, 6.45) is 1.15. The van der Waals surface area contributed by atoms with Crippen molar-refractivity contribution in [2.45, 2.75) is 6.42 Å². The maximum absolute atomic E-state index is 11.0. The molecule has 5 heteroatoms. The van der Waals surface area contributed by atoms with Crippen LogP contribution in [0.2, 0.25) is 0 Å². The van der Waals surface area contributed by atoms with E-state index in [1.807, 2.05) is 6.07 Å². The van der Waals surface area contributed by atoms with Gasteiger partial charge >= 0.3 is 5.97 Å². The van der Waals surface area contributed by atoms with Gasteiger partial charge in [0, 0.05) is 6.54 Å². The van der Waals surface area contributed by atoms with Gasteiger partial charge in [0.25, 0.3) is 0 Å². The summed E-state index contributed by atoms with van der Waals surface area (Å²) in [6.45, 7) is 2.95. The highest BCUT2D eigenvalue weighted by Gasteiger charge is 2.12. The van der Waals surface area contributed by atoms with E-state index in [2.05, 4.69) is 6.58 Å². The zero-order chi connectivity index (χ0) is 10.3. The first-order valence-electron chi connectivity index (χ1n) is 3.62. The largest absolute Gasteiger partial charge is 0.480 e. The number of nitrogens with zero attached hydrogens (tertiary/aromatic N) is 2. The van der Waals surface area contributed by atoms with E-state index in [0.717, 1.165) is 11.0 Å². The maximum atomic E-state index is 11.0. The molecule has 0 aromatic carbocycles. The highest BCUT2D eigenvalue weighted by Crippen LogP contribution is 1.93. The molecule has 0 bridgehead atoms. The number of carboxylic acid groups (broad SMARTS) is 1. The molecule has 0 aromatic rings. The van der Waals surface area contributed by atoms with Crippen LogP contribution in [0.1, 0.15) is 6.42 Å². The highest BCUT2D eigenvalue weighted by molar-refractivity contribution is 5.89. The Hall–Kier alpha value is -1.83. The maximum Gasteiger partial charge on any atom is 0.323 e. The number of rotatable bonds is 5. The highest BCUT2D eigenvalue weighted by atomic mass is 16.4. The summed E-state index contributed by atoms with van der Waals surface area (Å²) in [6, 6.07) is 1.83. The minimum absolute atomic E-state index is 0.118. The van der Waals surface area contributed by atoms with E-state index in [-0.39, 0.29) is 13.0 Å². The van der Waals surface area contributed by atoms with Gasteiger partial charge in [-0.05, 0) is 6.08 Å². The molecule has 13 heavy (non-hydrogen) atoms. The molecule has 0 radical (unpaired) electrons. The molecular formula is C8H10N2O3. The first-order chi connectivity index (χ1) is 6.11. The Balaban J connectivity index is 4.19. The number of aliphatic carboxylic acids is 1. The summed E-state index contributed by atoms with van der Waals surface area (Å²) in [5.41, 5.74) is 0. The van der Waals surface area contributed by atoms with E-state index in [9.17, 15) is 9.59 Å². The lowest BCUT2D eigenvalue weighted by Gasteiger charge is -2.16. The Labute approximate surface area is 75.9 Å². The molecule has 1 N–H and O–H groups in total. The zero-order valence-corrected chi connectivity index (χ0v) is 7.06. The summed E-state index contributed by atoms with van der Waals surface area (Å²) in [5.74, 6) is -1.58. The predicted octanol–water partition coefficient (Wildman–Crippen LogP) is -0.000720. The van der Waals surface area contributed by atoms with E-state index in [0.29, 0.717) is 0 Å². The molecular weight excluding hydrogens is 172 g/mol. The van der Waals surface area contributed by atoms with E-state index in [1.54, 1.807) is 0 Å². The number of amides is 1. The van der Waals surface area contributed by atoms with E-state index in [4.69, 9.17) is 10.4 Å². The second-order valence-corrected chi connectivity index (χ2v) is 2.27. The average Bonchev–Trinajstić information content (AvgIpc) is 2.10. The third-order valence-corrected chi connectivity index (χ3v) is 1.31. The molecule has 0 fully saturated rings. The van der Waals surface area contributed by atoms with Gasteiger partial charge in [0.05, 0.1) is 12.5 Å². The smallest absolute Gasteiger partial charge is 0.323 e. The molecule has 0 spiro atoms. The fourth-order valence-electron chi connectivity index (χ4n) is 0.745. The van der Waals surface area contributed by atoms with Crippen molar-refractivity contribution in [3.8, 4) is 6.07 Å². The number of carbonyl (C=O) groups excluding carboxylic acids is 1. The van der Waals surface area contributed by atoms with Crippen molar-refractivity contribution in [3.05, 3.63) is 12.7 Å². The quantitative estimate of drug-likeness (QED) is 0.607. The molecule has 0 rings (SSSR count). The summed E-state index contributed by atoms with van der Waals surface area (Å²) >= 11 is 0. The third kappa shape index (κ3) is 4.58. The second kappa shape index (κ2) is 5.77. The van der Waals surface area contributed by atoms with E-state index < -0.39 is 18.4 Å². The predicted molar refractivity (Wildman–Crippen MR) is 44.6 cm³/mol. The van der Waals surface area contributed by atoms with Gasteiger partial charge in [-0.2, -0.15) is 5.26 Å². The molecule has 0 aliphatic heterocycles. The van der Waals surface area contributed by atoms with Gasteiger partial charge in [0.1, 0.15) is 6.54 Å². The van der Waals surface area contributed by atoms with Gasteiger partial charge in [-0.3, -0.25) is 9.59 Å². The van der Waals surface area contributed by atoms with Crippen LogP contribution in [0.3, 0.4) is 0 Å². The van der Waals surface area contributed by atoms with Crippen LogP contribution in [0.5, 0.6) is 0 Å². The second-order valence-electron chi connectivity index (χ2n) is 2.27. The first-order valence-corrected chi connectivity index (χ1v) is 3.62. The molecule has 0 aliphatic carbocycles. The molecule has 70 valence electrons. The summed E-state index contributed by atoms with van der Waals surface area (Å²) in [7, 11) is 0. The Morgan fingerprint density at radius 2 is 2.23 bits per heavy atom. The van der Waals surface area contributed by atoms with Crippen molar-refractivity contribution in [1.82, 2.24) is 4.90 Å². The van der Waals surface area contributed by atoms with Crippen LogP contribution >= 0.6 is 0 Å². The van der Waals surface area contributed by atoms with Gasteiger partial charge < -0.3 is 10.0 Å². The first kappa shape index (κ1) is 11.2. The van der Waals surface area contributed by atoms with Crippen molar-refractivity contribution in [1.29, 1.82) is 5.26 Å². The monoisotopic (exact) mass is 182 g/mol. The van der Waals surface area contributed by atoms with Gasteiger partial charge in [-0.15, -0.1) is 0 Å². The zero-order valence-electron chi connectivity index (χ0n) is 7.06. The standard InChI is InChI=1S/C8H10N2O3/c1-2-7(11)10(5-3-4-9)6-8(12)13/h2H,1,3,5-6H2,(H,12,13). The molecule has 0 saturated carbocycles. The van der Waals surface area contributed by atoms with Crippen LogP contribution in [0, 0.1) is 11.3 Å². The molecule has 0 heterocycles. The number of nitriles is 1. The van der Waals surface area contributed by atoms with Crippen molar-refractivity contribution in [2.75, 3.05) is 13.1 Å². The van der Waals surface area contributed by atoms with Crippen LogP contribution in [-0.2, 0) is 9.59 Å². The fourth-order valence-corrected chi connectivity index (χ4v) is 0.745. The molecule has 5 nitrogen and oxygen atoms in total. The van der Waals surface area contributed by atoms with Gasteiger partial charge in [-0.25, -0.2) is 0 Å². The van der Waals surface area contributed by atoms with Crippen molar-refractivity contribution in [2.24, 2.45) is 0 Å². The number of carbonyl (C=O) groups is 2. The SMILES string of the molecule is C=CC(=O)N(CCC#N)CC(=O)O. The molecule has 0 atom stereocenters. The fraction of sp³-hybridized carbons (Fsp3) is 0.375. The van der Waals surface area contributed by atoms with Crippen LogP contribution in [0.25, 0.3) is 0 Å². The average molecular weight is 182 g/mol. The molecule has 0 aromatic heterocycles. The Bertz CT molecular complexity index is 255. The third-order valence-electron chi connectivity index (χ3n) is 1.31. The number of hydrogen-bond acceptors (Lipinski definition) is 3. The molecule has 1 amide bonds. The Morgan fingerprint density at radius 3 is 2.62 bits per heavy atom. The van der Waals surface area contributed by atoms with Crippen molar-refractivity contribution < 1.29 is 14.7 Å². The van der Waals surface area contributed by atoms with Gasteiger partial charge in [0.2, 0.25) is 5.91 Å². The molecule has 0 saturated heterocycles.